The molecular weight excluding hydrogens is 275 g/mol. The Bertz CT molecular complexity index is 667. The average Bonchev–Trinajstić information content (AvgIpc) is 2.47. The molecule has 0 radical (unpaired) electrons. The van der Waals surface area contributed by atoms with Crippen molar-refractivity contribution in [3.63, 3.8) is 0 Å². The molecule has 0 aliphatic rings. The molecule has 2 rings (SSSR count). The predicted octanol–water partition coefficient (Wildman–Crippen LogP) is 3.60. The summed E-state index contributed by atoms with van der Waals surface area (Å²) in [7, 11) is 1.47. The molecule has 2 aromatic rings. The molecule has 5 heteroatoms. The lowest BCUT2D eigenvalue weighted by atomic mass is 10.0. The maximum absolute atomic E-state index is 13.5. The largest absolute Gasteiger partial charge is 0.496 e. The smallest absolute Gasteiger partial charge is 0.335 e. The van der Waals surface area contributed by atoms with Crippen molar-refractivity contribution < 1.29 is 23.8 Å². The Labute approximate surface area is 121 Å². The van der Waals surface area contributed by atoms with E-state index in [1.165, 1.54) is 37.4 Å². The number of methoxy groups -OCH3 is 1. The van der Waals surface area contributed by atoms with Crippen LogP contribution in [0.4, 0.5) is 4.39 Å². The molecule has 21 heavy (non-hydrogen) atoms. The first-order valence-corrected chi connectivity index (χ1v) is 6.41. The average molecular weight is 290 g/mol. The number of carboxylic acid groups (broad SMARTS) is 1. The van der Waals surface area contributed by atoms with Crippen LogP contribution >= 0.6 is 0 Å². The molecule has 0 spiro atoms. The van der Waals surface area contributed by atoms with E-state index in [-0.39, 0.29) is 5.56 Å². The second-order valence-corrected chi connectivity index (χ2v) is 4.29. The molecule has 0 saturated heterocycles. The number of ether oxygens (including phenoxy) is 2. The fourth-order valence-electron chi connectivity index (χ4n) is 2.05. The Kier molecular flexibility index (Phi) is 4.42. The van der Waals surface area contributed by atoms with Crippen LogP contribution in [0.1, 0.15) is 17.3 Å². The number of aromatic carboxylic acids is 1. The second kappa shape index (κ2) is 6.26. The molecule has 0 unspecified atom stereocenters. The summed E-state index contributed by atoms with van der Waals surface area (Å²) in [6.07, 6.45) is 0. The molecule has 0 aliphatic carbocycles. The standard InChI is InChI=1S/C16H15FO4/c1-3-21-15-6-4-10(16(18)19)8-12(15)13-9-11(17)5-7-14(13)20-2/h4-9H,3H2,1-2H3,(H,18,19). The number of carboxylic acids is 1. The van der Waals surface area contributed by atoms with Gasteiger partial charge < -0.3 is 14.6 Å². The molecule has 0 saturated carbocycles. The number of rotatable bonds is 5. The van der Waals surface area contributed by atoms with Gasteiger partial charge in [-0.05, 0) is 43.3 Å². The third kappa shape index (κ3) is 3.13. The minimum absolute atomic E-state index is 0.0970. The van der Waals surface area contributed by atoms with Gasteiger partial charge in [0.05, 0.1) is 19.3 Å². The quantitative estimate of drug-likeness (QED) is 0.914. The van der Waals surface area contributed by atoms with Crippen LogP contribution in [-0.2, 0) is 0 Å². The summed E-state index contributed by atoms with van der Waals surface area (Å²) in [4.78, 5) is 11.1. The van der Waals surface area contributed by atoms with E-state index in [1.54, 1.807) is 6.07 Å². The van der Waals surface area contributed by atoms with Crippen LogP contribution in [0.15, 0.2) is 36.4 Å². The third-order valence-corrected chi connectivity index (χ3v) is 2.98. The van der Waals surface area contributed by atoms with Gasteiger partial charge in [-0.25, -0.2) is 9.18 Å². The molecule has 4 nitrogen and oxygen atoms in total. The van der Waals surface area contributed by atoms with Gasteiger partial charge in [-0.1, -0.05) is 0 Å². The number of hydrogen-bond acceptors (Lipinski definition) is 3. The van der Waals surface area contributed by atoms with Crippen molar-refractivity contribution in [1.29, 1.82) is 0 Å². The zero-order valence-electron chi connectivity index (χ0n) is 11.7. The highest BCUT2D eigenvalue weighted by Gasteiger charge is 2.15. The maximum Gasteiger partial charge on any atom is 0.335 e. The van der Waals surface area contributed by atoms with Crippen LogP contribution in [0.5, 0.6) is 11.5 Å². The topological polar surface area (TPSA) is 55.8 Å². The Morgan fingerprint density at radius 1 is 1.14 bits per heavy atom. The molecule has 0 heterocycles. The lowest BCUT2D eigenvalue weighted by molar-refractivity contribution is 0.0697. The minimum atomic E-state index is -1.06. The molecule has 0 amide bonds. The van der Waals surface area contributed by atoms with Crippen LogP contribution in [0, 0.1) is 5.82 Å². The van der Waals surface area contributed by atoms with E-state index in [0.717, 1.165) is 0 Å². The van der Waals surface area contributed by atoms with Crippen molar-refractivity contribution in [2.45, 2.75) is 6.92 Å². The second-order valence-electron chi connectivity index (χ2n) is 4.29. The van der Waals surface area contributed by atoms with Crippen molar-refractivity contribution in [2.24, 2.45) is 0 Å². The molecule has 1 N–H and O–H groups in total. The summed E-state index contributed by atoms with van der Waals surface area (Å²) in [5, 5.41) is 9.11. The fourth-order valence-corrected chi connectivity index (χ4v) is 2.05. The summed E-state index contributed by atoms with van der Waals surface area (Å²) in [5.74, 6) is -0.574. The Morgan fingerprint density at radius 2 is 1.81 bits per heavy atom. The van der Waals surface area contributed by atoms with Crippen molar-refractivity contribution in [3.05, 3.63) is 47.8 Å². The molecule has 110 valence electrons. The monoisotopic (exact) mass is 290 g/mol. The normalized spacial score (nSPS) is 10.2. The predicted molar refractivity (Wildman–Crippen MR) is 76.5 cm³/mol. The van der Waals surface area contributed by atoms with E-state index in [2.05, 4.69) is 0 Å². The Balaban J connectivity index is 2.67. The maximum atomic E-state index is 13.5. The summed E-state index contributed by atoms with van der Waals surface area (Å²) in [5.41, 5.74) is 1.02. The van der Waals surface area contributed by atoms with Crippen LogP contribution in [-0.4, -0.2) is 24.8 Å². The fraction of sp³-hybridized carbons (Fsp3) is 0.188. The van der Waals surface area contributed by atoms with E-state index in [9.17, 15) is 9.18 Å². The lowest BCUT2D eigenvalue weighted by Crippen LogP contribution is -2.00. The molecule has 0 fully saturated rings. The van der Waals surface area contributed by atoms with Crippen molar-refractivity contribution in [2.75, 3.05) is 13.7 Å². The highest BCUT2D eigenvalue weighted by molar-refractivity contribution is 5.91. The summed E-state index contributed by atoms with van der Waals surface area (Å²) < 4.78 is 24.2. The summed E-state index contributed by atoms with van der Waals surface area (Å²) in [6.45, 7) is 2.23. The summed E-state index contributed by atoms with van der Waals surface area (Å²) in [6, 6.07) is 8.53. The van der Waals surface area contributed by atoms with E-state index in [4.69, 9.17) is 14.6 Å². The summed E-state index contributed by atoms with van der Waals surface area (Å²) >= 11 is 0. The molecule has 0 bridgehead atoms. The van der Waals surface area contributed by atoms with Gasteiger partial charge in [-0.15, -0.1) is 0 Å². The van der Waals surface area contributed by atoms with E-state index >= 15 is 0 Å². The molecule has 0 aliphatic heterocycles. The highest BCUT2D eigenvalue weighted by atomic mass is 19.1. The molecular formula is C16H15FO4. The highest BCUT2D eigenvalue weighted by Crippen LogP contribution is 2.37. The van der Waals surface area contributed by atoms with Gasteiger partial charge in [0, 0.05) is 11.1 Å². The SMILES string of the molecule is CCOc1ccc(C(=O)O)cc1-c1cc(F)ccc1OC. The number of carbonyl (C=O) groups is 1. The molecule has 0 aromatic heterocycles. The van der Waals surface area contributed by atoms with E-state index in [1.807, 2.05) is 6.92 Å². The zero-order valence-corrected chi connectivity index (χ0v) is 11.7. The lowest BCUT2D eigenvalue weighted by Gasteiger charge is -2.14. The first kappa shape index (κ1) is 14.8. The molecule has 0 atom stereocenters. The molecule has 2 aromatic carbocycles. The minimum Gasteiger partial charge on any atom is -0.496 e. The van der Waals surface area contributed by atoms with Crippen molar-refractivity contribution in [1.82, 2.24) is 0 Å². The Hall–Kier alpha value is -2.56. The van der Waals surface area contributed by atoms with Gasteiger partial charge in [0.1, 0.15) is 17.3 Å². The van der Waals surface area contributed by atoms with Gasteiger partial charge in [-0.2, -0.15) is 0 Å². The van der Waals surface area contributed by atoms with Crippen molar-refractivity contribution >= 4 is 5.97 Å². The first-order valence-electron chi connectivity index (χ1n) is 6.41. The number of benzene rings is 2. The Morgan fingerprint density at radius 3 is 2.43 bits per heavy atom. The number of halogens is 1. The zero-order chi connectivity index (χ0) is 15.4. The van der Waals surface area contributed by atoms with Gasteiger partial charge in [-0.3, -0.25) is 0 Å². The van der Waals surface area contributed by atoms with Gasteiger partial charge in [0.15, 0.2) is 0 Å². The van der Waals surface area contributed by atoms with Crippen LogP contribution in [0.3, 0.4) is 0 Å². The van der Waals surface area contributed by atoms with Gasteiger partial charge >= 0.3 is 5.97 Å². The third-order valence-electron chi connectivity index (χ3n) is 2.98. The van der Waals surface area contributed by atoms with E-state index in [0.29, 0.717) is 29.2 Å². The van der Waals surface area contributed by atoms with Crippen LogP contribution in [0.2, 0.25) is 0 Å². The first-order chi connectivity index (χ1) is 10.1. The van der Waals surface area contributed by atoms with Gasteiger partial charge in [0.25, 0.3) is 0 Å². The van der Waals surface area contributed by atoms with Crippen LogP contribution < -0.4 is 9.47 Å². The van der Waals surface area contributed by atoms with E-state index < -0.39 is 11.8 Å². The number of hydrogen-bond donors (Lipinski definition) is 1. The van der Waals surface area contributed by atoms with Crippen LogP contribution in [0.25, 0.3) is 11.1 Å². The van der Waals surface area contributed by atoms with Crippen molar-refractivity contribution in [3.8, 4) is 22.6 Å². The van der Waals surface area contributed by atoms with Gasteiger partial charge in [0.2, 0.25) is 0 Å².